The van der Waals surface area contributed by atoms with Crippen LogP contribution >= 0.6 is 0 Å². The number of ether oxygens (including phenoxy) is 2. The first-order valence-electron chi connectivity index (χ1n) is 34.4. The number of hydrogen-bond donors (Lipinski definition) is 8. The van der Waals surface area contributed by atoms with Crippen LogP contribution in [0.1, 0.15) is 328 Å². The summed E-state index contributed by atoms with van der Waals surface area (Å²) in [5.74, 6) is -0.706. The summed E-state index contributed by atoms with van der Waals surface area (Å²) in [5.41, 5.74) is 0. The van der Waals surface area contributed by atoms with Crippen molar-refractivity contribution in [3.05, 3.63) is 36.5 Å². The highest BCUT2D eigenvalue weighted by atomic mass is 16.7. The lowest BCUT2D eigenvalue weighted by Gasteiger charge is -2.40. The van der Waals surface area contributed by atoms with E-state index < -0.39 is 74.2 Å². The second-order valence-corrected chi connectivity index (χ2v) is 24.2. The van der Waals surface area contributed by atoms with Gasteiger partial charge < -0.3 is 50.5 Å². The van der Waals surface area contributed by atoms with Gasteiger partial charge in [-0.3, -0.25) is 4.79 Å². The Morgan fingerprint density at radius 2 is 0.750 bits per heavy atom. The standard InChI is InChI=1S/C69H131NO10/c1-3-5-7-9-11-13-15-17-19-21-23-24-25-26-27-28-29-30-31-32-33-34-35-36-37-39-41-43-45-47-49-51-53-55-57-62(73)68(78)70-60(59-79-69-67(77)66(76)65(75)63(58-71)80-69)64(74)61(72)56-54-52-50-48-46-44-42-40-38-22-20-18-16-14-12-10-8-6-4-2/h28-29,40,42,48,50,60-67,69,71-77H,3-27,30-39,41,43-47,49,51-59H2,1-2H3,(H,70,78)/b29-28-,42-40+,50-48+. The quantitative estimate of drug-likeness (QED) is 0.0215. The Labute approximate surface area is 492 Å². The molecule has 0 radical (unpaired) electrons. The number of carbonyl (C=O) groups is 1. The van der Waals surface area contributed by atoms with Crippen LogP contribution in [-0.2, 0) is 14.3 Å². The molecule has 0 spiro atoms. The van der Waals surface area contributed by atoms with E-state index >= 15 is 0 Å². The highest BCUT2D eigenvalue weighted by Crippen LogP contribution is 2.24. The average molecular weight is 1130 g/mol. The molecule has 0 aromatic heterocycles. The van der Waals surface area contributed by atoms with Crippen LogP contribution in [0, 0.1) is 0 Å². The number of aliphatic hydroxyl groups is 7. The van der Waals surface area contributed by atoms with Gasteiger partial charge in [0.15, 0.2) is 6.29 Å². The van der Waals surface area contributed by atoms with E-state index in [1.807, 2.05) is 0 Å². The van der Waals surface area contributed by atoms with Gasteiger partial charge in [0, 0.05) is 0 Å². The monoisotopic (exact) mass is 1130 g/mol. The van der Waals surface area contributed by atoms with Crippen molar-refractivity contribution in [1.29, 1.82) is 0 Å². The molecule has 1 aliphatic heterocycles. The summed E-state index contributed by atoms with van der Waals surface area (Å²) >= 11 is 0. The molecule has 0 aliphatic carbocycles. The second-order valence-electron chi connectivity index (χ2n) is 24.2. The van der Waals surface area contributed by atoms with Crippen LogP contribution in [0.25, 0.3) is 0 Å². The third kappa shape index (κ3) is 44.8. The third-order valence-corrected chi connectivity index (χ3v) is 16.6. The van der Waals surface area contributed by atoms with Crippen molar-refractivity contribution < 1.29 is 50.0 Å². The van der Waals surface area contributed by atoms with Gasteiger partial charge in [-0.25, -0.2) is 0 Å². The molecule has 1 saturated heterocycles. The molecular formula is C69H131NO10. The highest BCUT2D eigenvalue weighted by molar-refractivity contribution is 5.80. The van der Waals surface area contributed by atoms with Crippen molar-refractivity contribution in [2.45, 2.75) is 384 Å². The normalized spacial score (nSPS) is 19.4. The molecule has 1 amide bonds. The minimum atomic E-state index is -1.67. The number of amides is 1. The predicted molar refractivity (Wildman–Crippen MR) is 335 cm³/mol. The van der Waals surface area contributed by atoms with Crippen LogP contribution in [0.5, 0.6) is 0 Å². The van der Waals surface area contributed by atoms with Crippen molar-refractivity contribution in [2.75, 3.05) is 13.2 Å². The summed E-state index contributed by atoms with van der Waals surface area (Å²) in [5, 5.41) is 76.3. The smallest absolute Gasteiger partial charge is 0.249 e. The maximum absolute atomic E-state index is 13.2. The van der Waals surface area contributed by atoms with Crippen LogP contribution in [0.3, 0.4) is 0 Å². The van der Waals surface area contributed by atoms with Gasteiger partial charge in [0.25, 0.3) is 0 Å². The van der Waals surface area contributed by atoms with Gasteiger partial charge in [0.1, 0.15) is 36.6 Å². The number of unbranched alkanes of at least 4 members (excludes halogenated alkanes) is 42. The van der Waals surface area contributed by atoms with Crippen molar-refractivity contribution in [3.8, 4) is 0 Å². The number of rotatable bonds is 60. The topological polar surface area (TPSA) is 189 Å². The Morgan fingerprint density at radius 1 is 0.425 bits per heavy atom. The average Bonchev–Trinajstić information content (AvgIpc) is 3.47. The molecule has 1 aliphatic rings. The summed E-state index contributed by atoms with van der Waals surface area (Å²) < 4.78 is 11.2. The van der Waals surface area contributed by atoms with Crippen molar-refractivity contribution >= 4 is 5.91 Å². The van der Waals surface area contributed by atoms with E-state index in [9.17, 15) is 40.5 Å². The fourth-order valence-corrected chi connectivity index (χ4v) is 11.1. The fraction of sp³-hybridized carbons (Fsp3) is 0.899. The van der Waals surface area contributed by atoms with E-state index in [0.29, 0.717) is 19.3 Å². The lowest BCUT2D eigenvalue weighted by Crippen LogP contribution is -2.60. The zero-order chi connectivity index (χ0) is 58.2. The summed E-state index contributed by atoms with van der Waals surface area (Å²) in [7, 11) is 0. The van der Waals surface area contributed by atoms with Gasteiger partial charge in [0.2, 0.25) is 5.91 Å². The molecular weight excluding hydrogens is 1000 g/mol. The largest absolute Gasteiger partial charge is 0.394 e. The minimum absolute atomic E-state index is 0.248. The zero-order valence-electron chi connectivity index (χ0n) is 52.1. The van der Waals surface area contributed by atoms with Gasteiger partial charge in [-0.1, -0.05) is 288 Å². The third-order valence-electron chi connectivity index (χ3n) is 16.6. The highest BCUT2D eigenvalue weighted by Gasteiger charge is 2.44. The Balaban J connectivity index is 2.19. The van der Waals surface area contributed by atoms with E-state index in [-0.39, 0.29) is 12.8 Å². The van der Waals surface area contributed by atoms with E-state index in [0.717, 1.165) is 38.5 Å². The molecule has 0 aromatic carbocycles. The summed E-state index contributed by atoms with van der Waals surface area (Å²) in [6, 6.07) is -1.19. The summed E-state index contributed by atoms with van der Waals surface area (Å²) in [6.07, 6.45) is 62.4. The first-order valence-corrected chi connectivity index (χ1v) is 34.4. The number of nitrogens with one attached hydrogen (secondary N) is 1. The van der Waals surface area contributed by atoms with Crippen LogP contribution in [0.15, 0.2) is 36.5 Å². The predicted octanol–water partition coefficient (Wildman–Crippen LogP) is 16.2. The maximum Gasteiger partial charge on any atom is 0.249 e. The van der Waals surface area contributed by atoms with Crippen LogP contribution in [0.4, 0.5) is 0 Å². The molecule has 1 fully saturated rings. The first-order chi connectivity index (χ1) is 39.2. The molecule has 11 heteroatoms. The molecule has 472 valence electrons. The van der Waals surface area contributed by atoms with Crippen LogP contribution in [0.2, 0.25) is 0 Å². The second kappa shape index (κ2) is 57.7. The van der Waals surface area contributed by atoms with Crippen molar-refractivity contribution in [1.82, 2.24) is 5.32 Å². The molecule has 1 rings (SSSR count). The van der Waals surface area contributed by atoms with Crippen LogP contribution in [-0.4, -0.2) is 110 Å². The molecule has 11 nitrogen and oxygen atoms in total. The molecule has 1 heterocycles. The van der Waals surface area contributed by atoms with Gasteiger partial charge >= 0.3 is 0 Å². The summed E-state index contributed by atoms with van der Waals surface area (Å²) in [6.45, 7) is 3.48. The van der Waals surface area contributed by atoms with E-state index in [1.165, 1.54) is 244 Å². The number of hydrogen-bond acceptors (Lipinski definition) is 10. The lowest BCUT2D eigenvalue weighted by molar-refractivity contribution is -0.303. The number of carbonyl (C=O) groups excluding carboxylic acids is 1. The van der Waals surface area contributed by atoms with Crippen molar-refractivity contribution in [2.24, 2.45) is 0 Å². The zero-order valence-corrected chi connectivity index (χ0v) is 52.1. The van der Waals surface area contributed by atoms with E-state index in [4.69, 9.17) is 9.47 Å². The molecule has 0 aromatic rings. The molecule has 0 saturated carbocycles. The maximum atomic E-state index is 13.2. The Hall–Kier alpha value is -1.67. The molecule has 80 heavy (non-hydrogen) atoms. The minimum Gasteiger partial charge on any atom is -0.394 e. The summed E-state index contributed by atoms with van der Waals surface area (Å²) in [4.78, 5) is 13.2. The first kappa shape index (κ1) is 76.3. The van der Waals surface area contributed by atoms with E-state index in [2.05, 4.69) is 55.6 Å². The van der Waals surface area contributed by atoms with E-state index in [1.54, 1.807) is 0 Å². The van der Waals surface area contributed by atoms with Gasteiger partial charge in [0.05, 0.1) is 25.4 Å². The van der Waals surface area contributed by atoms with Crippen molar-refractivity contribution in [3.63, 3.8) is 0 Å². The van der Waals surface area contributed by atoms with Gasteiger partial charge in [-0.2, -0.15) is 0 Å². The fourth-order valence-electron chi connectivity index (χ4n) is 11.1. The van der Waals surface area contributed by atoms with Gasteiger partial charge in [-0.05, 0) is 77.0 Å². The number of aliphatic hydroxyl groups excluding tert-OH is 7. The Kier molecular flexibility index (Phi) is 55.1. The molecule has 9 unspecified atom stereocenters. The SMILES string of the molecule is CCCCCCCCCCCC/C=C/CC/C=C/CCCC(O)C(O)C(COC1OC(CO)C(O)C(O)C1O)NC(=O)C(O)CCCCCCCCCCCCCCCCCC/C=C\CCCCCCCCCCCCCCCC. The molecule has 0 bridgehead atoms. The lowest BCUT2D eigenvalue weighted by atomic mass is 9.98. The number of allylic oxidation sites excluding steroid dienone is 6. The Morgan fingerprint density at radius 3 is 1.11 bits per heavy atom. The van der Waals surface area contributed by atoms with Gasteiger partial charge in [-0.15, -0.1) is 0 Å². The molecule has 8 N–H and O–H groups in total. The van der Waals surface area contributed by atoms with Crippen LogP contribution < -0.4 is 5.32 Å². The molecule has 9 atom stereocenters. The Bertz CT molecular complexity index is 1390.